The first-order valence-corrected chi connectivity index (χ1v) is 5.50. The highest BCUT2D eigenvalue weighted by Gasteiger charge is 2.07. The van der Waals surface area contributed by atoms with Crippen LogP contribution in [0.15, 0.2) is 41.8 Å². The van der Waals surface area contributed by atoms with E-state index in [0.29, 0.717) is 4.99 Å². The summed E-state index contributed by atoms with van der Waals surface area (Å²) in [7, 11) is 0. The van der Waals surface area contributed by atoms with Crippen LogP contribution in [0.25, 0.3) is 11.1 Å². The fourth-order valence-electron chi connectivity index (χ4n) is 1.35. The van der Waals surface area contributed by atoms with Gasteiger partial charge in [0.05, 0.1) is 4.88 Å². The average Bonchev–Trinajstić information content (AvgIpc) is 2.67. The molecule has 0 bridgehead atoms. The van der Waals surface area contributed by atoms with Crippen LogP contribution in [0.3, 0.4) is 0 Å². The third-order valence-electron chi connectivity index (χ3n) is 1.97. The summed E-state index contributed by atoms with van der Waals surface area (Å²) in [6.45, 7) is 0. The van der Waals surface area contributed by atoms with Crippen molar-refractivity contribution >= 4 is 28.5 Å². The van der Waals surface area contributed by atoms with Crippen molar-refractivity contribution in [3.8, 4) is 11.1 Å². The van der Waals surface area contributed by atoms with Gasteiger partial charge in [-0.15, -0.1) is 11.3 Å². The molecule has 0 atom stereocenters. The van der Waals surface area contributed by atoms with Gasteiger partial charge in [0.1, 0.15) is 4.99 Å². The molecule has 0 saturated heterocycles. The van der Waals surface area contributed by atoms with Crippen LogP contribution >= 0.6 is 23.6 Å². The van der Waals surface area contributed by atoms with Crippen molar-refractivity contribution in [2.24, 2.45) is 5.73 Å². The summed E-state index contributed by atoms with van der Waals surface area (Å²) < 4.78 is 0. The molecule has 2 aromatic rings. The standard InChI is InChI=1S/C11H9NS2/c12-11(13)10-9(6-7-14-10)8-4-2-1-3-5-8/h1-7H,(H2,12,13). The normalized spacial score (nSPS) is 10.0. The molecule has 1 nitrogen and oxygen atoms in total. The molecule has 2 rings (SSSR count). The van der Waals surface area contributed by atoms with Crippen molar-refractivity contribution in [2.45, 2.75) is 0 Å². The van der Waals surface area contributed by atoms with Crippen molar-refractivity contribution in [2.75, 3.05) is 0 Å². The van der Waals surface area contributed by atoms with Gasteiger partial charge in [-0.3, -0.25) is 0 Å². The zero-order valence-electron chi connectivity index (χ0n) is 7.44. The first-order chi connectivity index (χ1) is 6.79. The molecule has 0 fully saturated rings. The molecule has 2 N–H and O–H groups in total. The molecule has 0 amide bonds. The average molecular weight is 219 g/mol. The fraction of sp³-hybridized carbons (Fsp3) is 0. The van der Waals surface area contributed by atoms with Gasteiger partial charge in [-0.1, -0.05) is 42.5 Å². The lowest BCUT2D eigenvalue weighted by Crippen LogP contribution is -2.08. The molecule has 14 heavy (non-hydrogen) atoms. The lowest BCUT2D eigenvalue weighted by Gasteiger charge is -2.01. The van der Waals surface area contributed by atoms with Gasteiger partial charge >= 0.3 is 0 Å². The second kappa shape index (κ2) is 3.90. The Morgan fingerprint density at radius 2 is 1.86 bits per heavy atom. The van der Waals surface area contributed by atoms with E-state index in [4.69, 9.17) is 18.0 Å². The zero-order chi connectivity index (χ0) is 9.97. The molecule has 1 heterocycles. The van der Waals surface area contributed by atoms with E-state index in [0.717, 1.165) is 16.0 Å². The van der Waals surface area contributed by atoms with Gasteiger partial charge in [0, 0.05) is 5.56 Å². The second-order valence-corrected chi connectivity index (χ2v) is 4.25. The summed E-state index contributed by atoms with van der Waals surface area (Å²) in [5.41, 5.74) is 7.93. The Hall–Kier alpha value is -1.19. The van der Waals surface area contributed by atoms with Crippen LogP contribution in [0.4, 0.5) is 0 Å². The van der Waals surface area contributed by atoms with Gasteiger partial charge in [-0.25, -0.2) is 0 Å². The molecular formula is C11H9NS2. The van der Waals surface area contributed by atoms with Gasteiger partial charge in [0.2, 0.25) is 0 Å². The van der Waals surface area contributed by atoms with Crippen molar-refractivity contribution < 1.29 is 0 Å². The molecule has 0 aliphatic carbocycles. The van der Waals surface area contributed by atoms with E-state index in [1.807, 2.05) is 23.6 Å². The smallest absolute Gasteiger partial charge is 0.114 e. The summed E-state index contributed by atoms with van der Waals surface area (Å²) in [5.74, 6) is 0. The van der Waals surface area contributed by atoms with Crippen LogP contribution < -0.4 is 5.73 Å². The van der Waals surface area contributed by atoms with Crippen molar-refractivity contribution in [3.63, 3.8) is 0 Å². The predicted molar refractivity (Wildman–Crippen MR) is 65.6 cm³/mol. The van der Waals surface area contributed by atoms with Crippen LogP contribution in [-0.2, 0) is 0 Å². The Balaban J connectivity index is 2.52. The monoisotopic (exact) mass is 219 g/mol. The van der Waals surface area contributed by atoms with Crippen LogP contribution in [-0.4, -0.2) is 4.99 Å². The molecule has 70 valence electrons. The second-order valence-electron chi connectivity index (χ2n) is 2.89. The molecule has 0 aliphatic rings. The lowest BCUT2D eigenvalue weighted by atomic mass is 10.1. The lowest BCUT2D eigenvalue weighted by molar-refractivity contribution is 1.66. The van der Waals surface area contributed by atoms with E-state index in [1.54, 1.807) is 11.3 Å². The summed E-state index contributed by atoms with van der Waals surface area (Å²) in [4.78, 5) is 1.46. The van der Waals surface area contributed by atoms with E-state index in [9.17, 15) is 0 Å². The third kappa shape index (κ3) is 1.69. The number of rotatable bonds is 2. The molecule has 1 aromatic carbocycles. The van der Waals surface area contributed by atoms with Gasteiger partial charge in [-0.2, -0.15) is 0 Å². The number of thiophene rings is 1. The summed E-state index contributed by atoms with van der Waals surface area (Å²) in [6.07, 6.45) is 0. The van der Waals surface area contributed by atoms with E-state index in [2.05, 4.69) is 18.2 Å². The quantitative estimate of drug-likeness (QED) is 0.786. The van der Waals surface area contributed by atoms with Crippen LogP contribution in [0.1, 0.15) is 4.88 Å². The fourth-order valence-corrected chi connectivity index (χ4v) is 2.37. The Kier molecular flexibility index (Phi) is 2.61. The molecule has 0 aliphatic heterocycles. The minimum atomic E-state index is 0.471. The van der Waals surface area contributed by atoms with Crippen LogP contribution in [0, 0.1) is 0 Å². The van der Waals surface area contributed by atoms with E-state index >= 15 is 0 Å². The first-order valence-electron chi connectivity index (χ1n) is 4.22. The topological polar surface area (TPSA) is 26.0 Å². The largest absolute Gasteiger partial charge is 0.389 e. The Labute approximate surface area is 92.2 Å². The first kappa shape index (κ1) is 9.37. The van der Waals surface area contributed by atoms with E-state index in [1.165, 1.54) is 0 Å². The predicted octanol–water partition coefficient (Wildman–Crippen LogP) is 3.05. The Morgan fingerprint density at radius 3 is 2.50 bits per heavy atom. The van der Waals surface area contributed by atoms with Gasteiger partial charge in [0.25, 0.3) is 0 Å². The van der Waals surface area contributed by atoms with Crippen LogP contribution in [0.5, 0.6) is 0 Å². The van der Waals surface area contributed by atoms with Gasteiger partial charge in [-0.05, 0) is 17.0 Å². The minimum Gasteiger partial charge on any atom is -0.389 e. The maximum Gasteiger partial charge on any atom is 0.114 e. The van der Waals surface area contributed by atoms with Crippen molar-refractivity contribution in [1.29, 1.82) is 0 Å². The SMILES string of the molecule is NC(=S)c1sccc1-c1ccccc1. The highest BCUT2D eigenvalue weighted by atomic mass is 32.1. The number of hydrogen-bond acceptors (Lipinski definition) is 2. The van der Waals surface area contributed by atoms with Crippen molar-refractivity contribution in [1.82, 2.24) is 0 Å². The number of nitrogens with two attached hydrogens (primary N) is 1. The molecule has 1 aromatic heterocycles. The molecule has 0 saturated carbocycles. The Morgan fingerprint density at radius 1 is 1.14 bits per heavy atom. The summed E-state index contributed by atoms with van der Waals surface area (Å²) in [5, 5.41) is 2.01. The van der Waals surface area contributed by atoms with Gasteiger partial charge in [0.15, 0.2) is 0 Å². The molecule has 0 unspecified atom stereocenters. The number of hydrogen-bond donors (Lipinski definition) is 1. The van der Waals surface area contributed by atoms with Crippen LogP contribution in [0.2, 0.25) is 0 Å². The van der Waals surface area contributed by atoms with E-state index in [-0.39, 0.29) is 0 Å². The molecule has 0 spiro atoms. The minimum absolute atomic E-state index is 0.471. The number of thiocarbonyl (C=S) groups is 1. The summed E-state index contributed by atoms with van der Waals surface area (Å²) >= 11 is 6.58. The highest BCUT2D eigenvalue weighted by molar-refractivity contribution is 7.81. The summed E-state index contributed by atoms with van der Waals surface area (Å²) in [6, 6.07) is 12.2. The third-order valence-corrected chi connectivity index (χ3v) is 3.25. The molecular weight excluding hydrogens is 210 g/mol. The number of benzene rings is 1. The maximum atomic E-state index is 5.64. The van der Waals surface area contributed by atoms with E-state index < -0.39 is 0 Å². The maximum absolute atomic E-state index is 5.64. The van der Waals surface area contributed by atoms with Crippen molar-refractivity contribution in [3.05, 3.63) is 46.7 Å². The highest BCUT2D eigenvalue weighted by Crippen LogP contribution is 2.27. The molecule has 3 heteroatoms. The zero-order valence-corrected chi connectivity index (χ0v) is 9.07. The molecule has 0 radical (unpaired) electrons. The van der Waals surface area contributed by atoms with Gasteiger partial charge < -0.3 is 5.73 Å². The Bertz CT molecular complexity index is 445.